The van der Waals surface area contributed by atoms with Crippen LogP contribution in [0.5, 0.6) is 5.88 Å². The predicted octanol–water partition coefficient (Wildman–Crippen LogP) is 3.09. The lowest BCUT2D eigenvalue weighted by Crippen LogP contribution is -2.23. The number of hydrogen-bond donors (Lipinski definition) is 0. The summed E-state index contributed by atoms with van der Waals surface area (Å²) in [4.78, 5) is 9.16. The van der Waals surface area contributed by atoms with Gasteiger partial charge in [0.25, 0.3) is 0 Å². The van der Waals surface area contributed by atoms with Gasteiger partial charge in [0.2, 0.25) is 5.88 Å². The number of ether oxygens (including phenoxy) is 2. The van der Waals surface area contributed by atoms with Gasteiger partial charge in [-0.2, -0.15) is 4.98 Å². The van der Waals surface area contributed by atoms with Crippen LogP contribution in [0.4, 0.5) is 0 Å². The molecule has 1 fully saturated rings. The molecule has 0 aromatic carbocycles. The first-order valence-electron chi connectivity index (χ1n) is 6.85. The summed E-state index contributed by atoms with van der Waals surface area (Å²) in [6, 6.07) is 3.98. The van der Waals surface area contributed by atoms with Gasteiger partial charge in [-0.15, -0.1) is 11.6 Å². The lowest BCUT2D eigenvalue weighted by atomic mass is 10.1. The Kier molecular flexibility index (Phi) is 3.81. The van der Waals surface area contributed by atoms with E-state index in [4.69, 9.17) is 21.1 Å². The molecule has 20 heavy (non-hydrogen) atoms. The molecule has 3 rings (SSSR count). The molecule has 2 aromatic rings. The average molecular weight is 296 g/mol. The van der Waals surface area contributed by atoms with Crippen molar-refractivity contribution in [2.75, 3.05) is 20.3 Å². The highest BCUT2D eigenvalue weighted by Crippen LogP contribution is 2.31. The monoisotopic (exact) mass is 295 g/mol. The van der Waals surface area contributed by atoms with Crippen LogP contribution in [0.25, 0.3) is 11.2 Å². The van der Waals surface area contributed by atoms with E-state index in [2.05, 4.69) is 14.5 Å². The molecule has 0 N–H and O–H groups in total. The van der Waals surface area contributed by atoms with Gasteiger partial charge in [-0.25, -0.2) is 4.98 Å². The molecule has 0 amide bonds. The van der Waals surface area contributed by atoms with E-state index in [-0.39, 0.29) is 11.4 Å². The van der Waals surface area contributed by atoms with E-state index < -0.39 is 0 Å². The largest absolute Gasteiger partial charge is 0.481 e. The molecule has 2 aromatic heterocycles. The molecule has 3 heterocycles. The Hall–Kier alpha value is -1.33. The van der Waals surface area contributed by atoms with Gasteiger partial charge in [-0.05, 0) is 25.8 Å². The summed E-state index contributed by atoms with van der Waals surface area (Å²) in [6.45, 7) is 3.44. The van der Waals surface area contributed by atoms with Crippen LogP contribution in [0.15, 0.2) is 12.1 Å². The Labute approximate surface area is 122 Å². The minimum Gasteiger partial charge on any atom is -0.481 e. The van der Waals surface area contributed by atoms with Gasteiger partial charge in [0.15, 0.2) is 5.65 Å². The van der Waals surface area contributed by atoms with Crippen LogP contribution in [0.3, 0.4) is 0 Å². The Bertz CT molecular complexity index is 606. The maximum Gasteiger partial charge on any atom is 0.215 e. The summed E-state index contributed by atoms with van der Waals surface area (Å²) >= 11 is 6.29. The SMILES string of the molecule is COc1ccc2nc(C(C)Cl)n(C3CCCOC3)c2n1. The molecule has 1 aliphatic rings. The van der Waals surface area contributed by atoms with E-state index in [9.17, 15) is 0 Å². The van der Waals surface area contributed by atoms with Crippen LogP contribution in [-0.2, 0) is 4.74 Å². The van der Waals surface area contributed by atoms with E-state index in [1.54, 1.807) is 7.11 Å². The van der Waals surface area contributed by atoms with Crippen LogP contribution in [0.2, 0.25) is 0 Å². The number of rotatable bonds is 3. The number of pyridine rings is 1. The quantitative estimate of drug-likeness (QED) is 0.817. The molecule has 6 heteroatoms. The molecule has 2 atom stereocenters. The van der Waals surface area contributed by atoms with Crippen LogP contribution >= 0.6 is 11.6 Å². The van der Waals surface area contributed by atoms with Crippen molar-refractivity contribution in [3.63, 3.8) is 0 Å². The van der Waals surface area contributed by atoms with E-state index in [1.165, 1.54) is 0 Å². The summed E-state index contributed by atoms with van der Waals surface area (Å²) in [6.07, 6.45) is 2.10. The number of methoxy groups -OCH3 is 1. The average Bonchev–Trinajstić information content (AvgIpc) is 2.86. The Morgan fingerprint density at radius 1 is 1.45 bits per heavy atom. The first-order chi connectivity index (χ1) is 9.70. The minimum atomic E-state index is -0.169. The zero-order chi connectivity index (χ0) is 14.1. The number of nitrogens with zero attached hydrogens (tertiary/aromatic N) is 3. The first-order valence-corrected chi connectivity index (χ1v) is 7.29. The smallest absolute Gasteiger partial charge is 0.215 e. The first kappa shape index (κ1) is 13.6. The molecule has 0 radical (unpaired) electrons. The fourth-order valence-corrected chi connectivity index (χ4v) is 2.81. The number of alkyl halides is 1. The molecule has 1 saturated heterocycles. The molecule has 0 saturated carbocycles. The maximum absolute atomic E-state index is 6.29. The fraction of sp³-hybridized carbons (Fsp3) is 0.571. The number of halogens is 1. The van der Waals surface area contributed by atoms with E-state index in [0.29, 0.717) is 12.5 Å². The standard InChI is InChI=1S/C14H18ClN3O2/c1-9(15)13-16-11-5-6-12(19-2)17-14(11)18(13)10-4-3-7-20-8-10/h5-6,9-10H,3-4,7-8H2,1-2H3. The van der Waals surface area contributed by atoms with E-state index in [0.717, 1.165) is 36.4 Å². The fourth-order valence-electron chi connectivity index (χ4n) is 2.66. The second-order valence-electron chi connectivity index (χ2n) is 5.02. The molecule has 0 bridgehead atoms. The minimum absolute atomic E-state index is 0.169. The summed E-state index contributed by atoms with van der Waals surface area (Å²) in [5, 5.41) is -0.169. The van der Waals surface area contributed by atoms with Crippen molar-refractivity contribution in [1.82, 2.24) is 14.5 Å². The lowest BCUT2D eigenvalue weighted by Gasteiger charge is -2.25. The maximum atomic E-state index is 6.29. The molecular weight excluding hydrogens is 278 g/mol. The summed E-state index contributed by atoms with van der Waals surface area (Å²) in [5.41, 5.74) is 1.67. The van der Waals surface area contributed by atoms with E-state index >= 15 is 0 Å². The lowest BCUT2D eigenvalue weighted by molar-refractivity contribution is 0.0593. The second kappa shape index (κ2) is 5.58. The molecule has 0 spiro atoms. The summed E-state index contributed by atoms with van der Waals surface area (Å²) < 4.78 is 12.9. The third-order valence-corrected chi connectivity index (χ3v) is 3.80. The van der Waals surface area contributed by atoms with Crippen molar-refractivity contribution >= 4 is 22.8 Å². The van der Waals surface area contributed by atoms with Gasteiger partial charge in [-0.1, -0.05) is 0 Å². The van der Waals surface area contributed by atoms with Gasteiger partial charge < -0.3 is 14.0 Å². The van der Waals surface area contributed by atoms with Gasteiger partial charge in [0.05, 0.1) is 25.1 Å². The van der Waals surface area contributed by atoms with Crippen LogP contribution in [0.1, 0.15) is 37.0 Å². The second-order valence-corrected chi connectivity index (χ2v) is 5.68. The molecule has 2 unspecified atom stereocenters. The Morgan fingerprint density at radius 3 is 2.95 bits per heavy atom. The molecule has 5 nitrogen and oxygen atoms in total. The van der Waals surface area contributed by atoms with Gasteiger partial charge >= 0.3 is 0 Å². The Morgan fingerprint density at radius 2 is 2.30 bits per heavy atom. The van der Waals surface area contributed by atoms with Crippen LogP contribution < -0.4 is 4.74 Å². The zero-order valence-electron chi connectivity index (χ0n) is 11.7. The highest BCUT2D eigenvalue weighted by molar-refractivity contribution is 6.20. The van der Waals surface area contributed by atoms with Crippen molar-refractivity contribution < 1.29 is 9.47 Å². The van der Waals surface area contributed by atoms with Crippen LogP contribution in [-0.4, -0.2) is 34.9 Å². The van der Waals surface area contributed by atoms with Gasteiger partial charge in [0.1, 0.15) is 11.3 Å². The van der Waals surface area contributed by atoms with Crippen LogP contribution in [0, 0.1) is 0 Å². The van der Waals surface area contributed by atoms with Crippen molar-refractivity contribution in [3.8, 4) is 5.88 Å². The molecule has 1 aliphatic heterocycles. The van der Waals surface area contributed by atoms with Gasteiger partial charge in [-0.3, -0.25) is 0 Å². The molecule has 108 valence electrons. The van der Waals surface area contributed by atoms with Crippen molar-refractivity contribution in [3.05, 3.63) is 18.0 Å². The van der Waals surface area contributed by atoms with Crippen molar-refractivity contribution in [2.24, 2.45) is 0 Å². The highest BCUT2D eigenvalue weighted by Gasteiger charge is 2.24. The zero-order valence-corrected chi connectivity index (χ0v) is 12.4. The normalized spacial score (nSPS) is 21.1. The van der Waals surface area contributed by atoms with Crippen molar-refractivity contribution in [2.45, 2.75) is 31.2 Å². The van der Waals surface area contributed by atoms with E-state index in [1.807, 2.05) is 19.1 Å². The Balaban J connectivity index is 2.15. The number of aromatic nitrogens is 3. The third-order valence-electron chi connectivity index (χ3n) is 3.61. The topological polar surface area (TPSA) is 49.2 Å². The highest BCUT2D eigenvalue weighted by atomic mass is 35.5. The predicted molar refractivity (Wildman–Crippen MR) is 77.4 cm³/mol. The number of imidazole rings is 1. The molecular formula is C14H18ClN3O2. The number of hydrogen-bond acceptors (Lipinski definition) is 4. The van der Waals surface area contributed by atoms with Gasteiger partial charge in [0, 0.05) is 12.7 Å². The third kappa shape index (κ3) is 2.36. The van der Waals surface area contributed by atoms with Crippen molar-refractivity contribution in [1.29, 1.82) is 0 Å². The number of fused-ring (bicyclic) bond motifs is 1. The molecule has 0 aliphatic carbocycles. The summed E-state index contributed by atoms with van der Waals surface area (Å²) in [5.74, 6) is 1.43. The summed E-state index contributed by atoms with van der Waals surface area (Å²) in [7, 11) is 1.61.